The summed E-state index contributed by atoms with van der Waals surface area (Å²) in [4.78, 5) is 0. The summed E-state index contributed by atoms with van der Waals surface area (Å²) in [6, 6.07) is 8.44. The predicted octanol–water partition coefficient (Wildman–Crippen LogP) is 2.98. The minimum atomic E-state index is 0.200. The monoisotopic (exact) mass is 217 g/mol. The van der Waals surface area contributed by atoms with E-state index in [1.165, 1.54) is 29.3 Å². The fourth-order valence-corrected chi connectivity index (χ4v) is 2.18. The topological polar surface area (TPSA) is 25.2 Å². The lowest BCUT2D eigenvalue weighted by molar-refractivity contribution is 0.278. The van der Waals surface area contributed by atoms with Crippen molar-refractivity contribution in [2.75, 3.05) is 6.61 Å². The third kappa shape index (κ3) is 2.12. The summed E-state index contributed by atoms with van der Waals surface area (Å²) in [5.41, 5.74) is 2.65. The number of aryl methyl sites for hydroxylation is 1. The van der Waals surface area contributed by atoms with E-state index >= 15 is 0 Å². The molecule has 1 aromatic carbocycles. The molecule has 16 heavy (non-hydrogen) atoms. The number of rotatable bonds is 5. The number of hydrogen-bond acceptors (Lipinski definition) is 1. The maximum Gasteiger partial charge on any atom is 0.0610 e. The Labute approximate surface area is 96.5 Å². The zero-order chi connectivity index (χ0) is 11.4. The average Bonchev–Trinajstić information content (AvgIpc) is 2.66. The normalized spacial score (nSPS) is 11.1. The molecule has 0 bridgehead atoms. The minimum absolute atomic E-state index is 0.200. The number of aliphatic hydroxyl groups is 1. The molecule has 2 nitrogen and oxygen atoms in total. The molecule has 2 aromatic rings. The molecule has 0 aliphatic rings. The van der Waals surface area contributed by atoms with Gasteiger partial charge in [0, 0.05) is 23.6 Å². The highest BCUT2D eigenvalue weighted by Crippen LogP contribution is 2.22. The third-order valence-electron chi connectivity index (χ3n) is 3.01. The summed E-state index contributed by atoms with van der Waals surface area (Å²) in [5, 5.41) is 10.4. The van der Waals surface area contributed by atoms with Crippen molar-refractivity contribution in [3.63, 3.8) is 0 Å². The smallest absolute Gasteiger partial charge is 0.0610 e. The second kappa shape index (κ2) is 5.17. The zero-order valence-electron chi connectivity index (χ0n) is 9.82. The van der Waals surface area contributed by atoms with E-state index < -0.39 is 0 Å². The fraction of sp³-hybridized carbons (Fsp3) is 0.429. The molecule has 1 heterocycles. The molecule has 0 spiro atoms. The van der Waals surface area contributed by atoms with Gasteiger partial charge in [0.2, 0.25) is 0 Å². The van der Waals surface area contributed by atoms with E-state index in [1.54, 1.807) is 0 Å². The van der Waals surface area contributed by atoms with Crippen molar-refractivity contribution in [3.8, 4) is 0 Å². The molecule has 0 aliphatic heterocycles. The van der Waals surface area contributed by atoms with Gasteiger partial charge in [0.1, 0.15) is 0 Å². The van der Waals surface area contributed by atoms with Crippen LogP contribution in [0.2, 0.25) is 0 Å². The molecular weight excluding hydrogens is 198 g/mol. The SMILES string of the molecule is CCCCc1cn(CCO)c2ccccc12. The zero-order valence-corrected chi connectivity index (χ0v) is 9.82. The highest BCUT2D eigenvalue weighted by atomic mass is 16.3. The van der Waals surface area contributed by atoms with Crippen LogP contribution >= 0.6 is 0 Å². The van der Waals surface area contributed by atoms with Gasteiger partial charge in [0.25, 0.3) is 0 Å². The summed E-state index contributed by atoms with van der Waals surface area (Å²) in [5.74, 6) is 0. The number of fused-ring (bicyclic) bond motifs is 1. The Morgan fingerprint density at radius 2 is 2.06 bits per heavy atom. The van der Waals surface area contributed by atoms with Crippen LogP contribution in [0.25, 0.3) is 10.9 Å². The van der Waals surface area contributed by atoms with E-state index in [2.05, 4.69) is 42.0 Å². The van der Waals surface area contributed by atoms with Crippen LogP contribution in [0.3, 0.4) is 0 Å². The minimum Gasteiger partial charge on any atom is -0.395 e. The Morgan fingerprint density at radius 3 is 2.81 bits per heavy atom. The van der Waals surface area contributed by atoms with Gasteiger partial charge in [0.15, 0.2) is 0 Å². The van der Waals surface area contributed by atoms with Crippen LogP contribution in [0.15, 0.2) is 30.5 Å². The van der Waals surface area contributed by atoms with Crippen molar-refractivity contribution in [1.29, 1.82) is 0 Å². The van der Waals surface area contributed by atoms with E-state index in [0.717, 1.165) is 6.42 Å². The lowest BCUT2D eigenvalue weighted by Gasteiger charge is -2.00. The molecule has 0 saturated heterocycles. The van der Waals surface area contributed by atoms with Crippen LogP contribution in [0, 0.1) is 0 Å². The molecule has 0 atom stereocenters. The summed E-state index contributed by atoms with van der Waals surface area (Å²) < 4.78 is 2.15. The molecular formula is C14H19NO. The largest absolute Gasteiger partial charge is 0.395 e. The quantitative estimate of drug-likeness (QED) is 0.818. The van der Waals surface area contributed by atoms with Gasteiger partial charge < -0.3 is 9.67 Å². The van der Waals surface area contributed by atoms with Crippen LogP contribution in [0.4, 0.5) is 0 Å². The van der Waals surface area contributed by atoms with Crippen LogP contribution < -0.4 is 0 Å². The first-order valence-electron chi connectivity index (χ1n) is 6.04. The van der Waals surface area contributed by atoms with Gasteiger partial charge in [-0.05, 0) is 24.5 Å². The van der Waals surface area contributed by atoms with Gasteiger partial charge >= 0.3 is 0 Å². The van der Waals surface area contributed by atoms with Crippen molar-refractivity contribution >= 4 is 10.9 Å². The van der Waals surface area contributed by atoms with E-state index in [4.69, 9.17) is 5.11 Å². The Bertz CT molecular complexity index is 459. The number of nitrogens with zero attached hydrogens (tertiary/aromatic N) is 1. The Hall–Kier alpha value is -1.28. The number of para-hydroxylation sites is 1. The number of unbranched alkanes of at least 4 members (excludes halogenated alkanes) is 1. The Kier molecular flexibility index (Phi) is 3.62. The van der Waals surface area contributed by atoms with E-state index in [0.29, 0.717) is 6.54 Å². The summed E-state index contributed by atoms with van der Waals surface area (Å²) >= 11 is 0. The molecule has 0 aliphatic carbocycles. The van der Waals surface area contributed by atoms with Gasteiger partial charge in [-0.1, -0.05) is 31.5 Å². The number of aromatic nitrogens is 1. The average molecular weight is 217 g/mol. The van der Waals surface area contributed by atoms with Crippen LogP contribution in [0.1, 0.15) is 25.3 Å². The van der Waals surface area contributed by atoms with Gasteiger partial charge in [0.05, 0.1) is 6.61 Å². The molecule has 0 radical (unpaired) electrons. The van der Waals surface area contributed by atoms with E-state index in [1.807, 2.05) is 0 Å². The van der Waals surface area contributed by atoms with Crippen molar-refractivity contribution in [1.82, 2.24) is 4.57 Å². The fourth-order valence-electron chi connectivity index (χ4n) is 2.18. The lowest BCUT2D eigenvalue weighted by atomic mass is 10.1. The molecule has 2 heteroatoms. The lowest BCUT2D eigenvalue weighted by Crippen LogP contribution is -1.99. The second-order valence-electron chi connectivity index (χ2n) is 4.19. The molecule has 1 N–H and O–H groups in total. The third-order valence-corrected chi connectivity index (χ3v) is 3.01. The maximum absolute atomic E-state index is 9.04. The van der Waals surface area contributed by atoms with Gasteiger partial charge in [-0.2, -0.15) is 0 Å². The highest BCUT2D eigenvalue weighted by Gasteiger charge is 2.06. The molecule has 2 rings (SSSR count). The number of benzene rings is 1. The first kappa shape index (κ1) is 11.2. The standard InChI is InChI=1S/C14H19NO/c1-2-3-6-12-11-15(9-10-16)14-8-5-4-7-13(12)14/h4-5,7-8,11,16H,2-3,6,9-10H2,1H3. The maximum atomic E-state index is 9.04. The molecule has 0 unspecified atom stereocenters. The van der Waals surface area contributed by atoms with Crippen LogP contribution in [0.5, 0.6) is 0 Å². The van der Waals surface area contributed by atoms with Crippen molar-refractivity contribution < 1.29 is 5.11 Å². The Balaban J connectivity index is 2.40. The number of aliphatic hydroxyl groups excluding tert-OH is 1. The van der Waals surface area contributed by atoms with Gasteiger partial charge in [-0.25, -0.2) is 0 Å². The summed E-state index contributed by atoms with van der Waals surface area (Å²) in [7, 11) is 0. The van der Waals surface area contributed by atoms with E-state index in [9.17, 15) is 0 Å². The Morgan fingerprint density at radius 1 is 1.25 bits per heavy atom. The number of hydrogen-bond donors (Lipinski definition) is 1. The second-order valence-corrected chi connectivity index (χ2v) is 4.19. The highest BCUT2D eigenvalue weighted by molar-refractivity contribution is 5.83. The first-order chi connectivity index (χ1) is 7.86. The van der Waals surface area contributed by atoms with Crippen molar-refractivity contribution in [2.24, 2.45) is 0 Å². The summed E-state index contributed by atoms with van der Waals surface area (Å²) in [6.45, 7) is 3.10. The molecule has 1 aromatic heterocycles. The molecule has 0 amide bonds. The van der Waals surface area contributed by atoms with Crippen molar-refractivity contribution in [3.05, 3.63) is 36.0 Å². The van der Waals surface area contributed by atoms with Crippen LogP contribution in [-0.2, 0) is 13.0 Å². The van der Waals surface area contributed by atoms with Crippen molar-refractivity contribution in [2.45, 2.75) is 32.7 Å². The van der Waals surface area contributed by atoms with Gasteiger partial charge in [-0.3, -0.25) is 0 Å². The van der Waals surface area contributed by atoms with Crippen LogP contribution in [-0.4, -0.2) is 16.3 Å². The molecule has 86 valence electrons. The predicted molar refractivity (Wildman–Crippen MR) is 67.6 cm³/mol. The first-order valence-corrected chi connectivity index (χ1v) is 6.04. The molecule has 0 saturated carbocycles. The summed E-state index contributed by atoms with van der Waals surface area (Å²) in [6.07, 6.45) is 5.78. The molecule has 0 fully saturated rings. The van der Waals surface area contributed by atoms with E-state index in [-0.39, 0.29) is 6.61 Å². The van der Waals surface area contributed by atoms with Gasteiger partial charge in [-0.15, -0.1) is 0 Å².